The Balaban J connectivity index is 1.95. The number of nitrogens with one attached hydrogen (secondary N) is 1. The summed E-state index contributed by atoms with van der Waals surface area (Å²) in [6, 6.07) is 10.3. The van der Waals surface area contributed by atoms with Crippen molar-refractivity contribution in [3.05, 3.63) is 64.2 Å². The van der Waals surface area contributed by atoms with E-state index in [-0.39, 0.29) is 12.2 Å². The van der Waals surface area contributed by atoms with Crippen LogP contribution in [-0.4, -0.2) is 29.8 Å². The normalized spacial score (nSPS) is 10.7. The van der Waals surface area contributed by atoms with E-state index < -0.39 is 11.9 Å². The zero-order valence-corrected chi connectivity index (χ0v) is 14.4. The summed E-state index contributed by atoms with van der Waals surface area (Å²) in [4.78, 5) is 22.9. The summed E-state index contributed by atoms with van der Waals surface area (Å²) < 4.78 is 5.54. The first kappa shape index (κ1) is 18.2. The van der Waals surface area contributed by atoms with E-state index >= 15 is 0 Å². The fourth-order valence-corrected chi connectivity index (χ4v) is 2.30. The minimum atomic E-state index is -1.05. The number of hydrogen-bond donors (Lipinski definition) is 2. The molecule has 6 heteroatoms. The highest BCUT2D eigenvalue weighted by atomic mass is 16.5. The van der Waals surface area contributed by atoms with Gasteiger partial charge in [-0.05, 0) is 49.6 Å². The second-order valence-corrected chi connectivity index (χ2v) is 5.68. The molecule has 0 bridgehead atoms. The van der Waals surface area contributed by atoms with Gasteiger partial charge in [0.25, 0.3) is 5.91 Å². The van der Waals surface area contributed by atoms with Gasteiger partial charge in [-0.3, -0.25) is 4.79 Å². The molecule has 0 fully saturated rings. The lowest BCUT2D eigenvalue weighted by Crippen LogP contribution is -2.25. The van der Waals surface area contributed by atoms with E-state index in [0.29, 0.717) is 11.3 Å². The first-order valence-electron chi connectivity index (χ1n) is 7.73. The predicted molar refractivity (Wildman–Crippen MR) is 95.3 cm³/mol. The Labute approximate surface area is 146 Å². The molecule has 0 unspecified atom stereocenters. The van der Waals surface area contributed by atoms with Gasteiger partial charge >= 0.3 is 5.97 Å². The van der Waals surface area contributed by atoms with Crippen LogP contribution in [0.3, 0.4) is 0 Å². The minimum absolute atomic E-state index is 0.114. The number of amides is 1. The number of hydrazone groups is 1. The summed E-state index contributed by atoms with van der Waals surface area (Å²) >= 11 is 0. The summed E-state index contributed by atoms with van der Waals surface area (Å²) in [6.07, 6.45) is 1.30. The van der Waals surface area contributed by atoms with Crippen LogP contribution in [0.2, 0.25) is 0 Å². The van der Waals surface area contributed by atoms with E-state index in [2.05, 4.69) is 10.5 Å². The third kappa shape index (κ3) is 4.91. The van der Waals surface area contributed by atoms with Gasteiger partial charge in [0.2, 0.25) is 0 Å². The van der Waals surface area contributed by atoms with E-state index in [1.807, 2.05) is 32.9 Å². The minimum Gasteiger partial charge on any atom is -0.483 e. The number of carbonyl (C=O) groups is 2. The Morgan fingerprint density at radius 3 is 2.64 bits per heavy atom. The van der Waals surface area contributed by atoms with Crippen LogP contribution in [0.15, 0.2) is 41.5 Å². The molecule has 1 amide bonds. The summed E-state index contributed by atoms with van der Waals surface area (Å²) in [5, 5.41) is 12.9. The molecule has 0 aliphatic rings. The molecule has 6 nitrogen and oxygen atoms in total. The molecular weight excluding hydrogens is 320 g/mol. The third-order valence-electron chi connectivity index (χ3n) is 3.71. The van der Waals surface area contributed by atoms with E-state index in [1.165, 1.54) is 12.3 Å². The summed E-state index contributed by atoms with van der Waals surface area (Å²) in [5.74, 6) is -0.822. The van der Waals surface area contributed by atoms with Gasteiger partial charge in [0.15, 0.2) is 6.61 Å². The first-order valence-corrected chi connectivity index (χ1v) is 7.73. The lowest BCUT2D eigenvalue weighted by atomic mass is 10.1. The van der Waals surface area contributed by atoms with Crippen molar-refractivity contribution in [3.63, 3.8) is 0 Å². The zero-order valence-electron chi connectivity index (χ0n) is 14.4. The molecule has 0 aromatic heterocycles. The van der Waals surface area contributed by atoms with Crippen molar-refractivity contribution in [2.75, 3.05) is 6.61 Å². The quantitative estimate of drug-likeness (QED) is 0.625. The Kier molecular flexibility index (Phi) is 5.89. The number of aryl methyl sites for hydroxylation is 2. The fourth-order valence-electron chi connectivity index (χ4n) is 2.30. The topological polar surface area (TPSA) is 88.0 Å². The Bertz CT molecular complexity index is 828. The van der Waals surface area contributed by atoms with E-state index in [9.17, 15) is 9.59 Å². The Morgan fingerprint density at radius 2 is 1.92 bits per heavy atom. The first-order chi connectivity index (χ1) is 11.9. The van der Waals surface area contributed by atoms with Gasteiger partial charge in [0, 0.05) is 5.56 Å². The van der Waals surface area contributed by atoms with Crippen molar-refractivity contribution < 1.29 is 19.4 Å². The van der Waals surface area contributed by atoms with Crippen LogP contribution >= 0.6 is 0 Å². The maximum atomic E-state index is 11.8. The van der Waals surface area contributed by atoms with Crippen molar-refractivity contribution in [1.82, 2.24) is 5.43 Å². The number of nitrogens with zero attached hydrogens (tertiary/aromatic N) is 1. The summed E-state index contributed by atoms with van der Waals surface area (Å²) in [7, 11) is 0. The lowest BCUT2D eigenvalue weighted by molar-refractivity contribution is -0.123. The molecule has 0 atom stereocenters. The van der Waals surface area contributed by atoms with Crippen LogP contribution in [-0.2, 0) is 4.79 Å². The molecule has 2 aromatic carbocycles. The van der Waals surface area contributed by atoms with Crippen molar-refractivity contribution in [2.45, 2.75) is 20.8 Å². The molecule has 25 heavy (non-hydrogen) atoms. The average molecular weight is 340 g/mol. The fraction of sp³-hybridized carbons (Fsp3) is 0.211. The second kappa shape index (κ2) is 8.10. The van der Waals surface area contributed by atoms with E-state index in [1.54, 1.807) is 18.2 Å². The Hall–Kier alpha value is -3.15. The summed E-state index contributed by atoms with van der Waals surface area (Å²) in [5.41, 5.74) is 5.98. The van der Waals surface area contributed by atoms with Gasteiger partial charge in [-0.2, -0.15) is 5.10 Å². The predicted octanol–water partition coefficient (Wildman–Crippen LogP) is 2.84. The lowest BCUT2D eigenvalue weighted by Gasteiger charge is -2.11. The molecule has 0 aliphatic carbocycles. The molecule has 0 saturated carbocycles. The van der Waals surface area contributed by atoms with Crippen molar-refractivity contribution in [2.24, 2.45) is 5.10 Å². The molecule has 2 rings (SSSR count). The third-order valence-corrected chi connectivity index (χ3v) is 3.71. The van der Waals surface area contributed by atoms with Crippen LogP contribution in [0.25, 0.3) is 0 Å². The number of carbonyl (C=O) groups excluding carboxylic acids is 1. The maximum Gasteiger partial charge on any atom is 0.336 e. The SMILES string of the molecule is Cc1cc(C)c(C)c(OCC(=O)N/N=C/c2ccccc2C(=O)O)c1. The van der Waals surface area contributed by atoms with Gasteiger partial charge < -0.3 is 9.84 Å². The van der Waals surface area contributed by atoms with Gasteiger partial charge in [-0.25, -0.2) is 10.2 Å². The number of rotatable bonds is 6. The monoisotopic (exact) mass is 340 g/mol. The molecule has 2 aromatic rings. The zero-order chi connectivity index (χ0) is 18.4. The standard InChI is InChI=1S/C19H20N2O4/c1-12-8-13(2)14(3)17(9-12)25-11-18(22)21-20-10-15-6-4-5-7-16(15)19(23)24/h4-10H,11H2,1-3H3,(H,21,22)(H,23,24)/b20-10+. The Morgan fingerprint density at radius 1 is 1.20 bits per heavy atom. The highest BCUT2D eigenvalue weighted by Gasteiger charge is 2.08. The molecule has 0 heterocycles. The molecule has 0 saturated heterocycles. The second-order valence-electron chi connectivity index (χ2n) is 5.68. The highest BCUT2D eigenvalue weighted by molar-refractivity contribution is 5.98. The molecule has 0 radical (unpaired) electrons. The molecule has 0 aliphatic heterocycles. The average Bonchev–Trinajstić information content (AvgIpc) is 2.57. The number of carboxylic acid groups (broad SMARTS) is 1. The molecule has 2 N–H and O–H groups in total. The number of benzene rings is 2. The van der Waals surface area contributed by atoms with Crippen LogP contribution in [0.1, 0.15) is 32.6 Å². The number of ether oxygens (including phenoxy) is 1. The molecule has 130 valence electrons. The van der Waals surface area contributed by atoms with Crippen LogP contribution in [0.4, 0.5) is 0 Å². The van der Waals surface area contributed by atoms with Crippen LogP contribution in [0.5, 0.6) is 5.75 Å². The van der Waals surface area contributed by atoms with E-state index in [0.717, 1.165) is 16.7 Å². The smallest absolute Gasteiger partial charge is 0.336 e. The number of carboxylic acids is 1. The number of aromatic carboxylic acids is 1. The van der Waals surface area contributed by atoms with Crippen molar-refractivity contribution in [1.29, 1.82) is 0 Å². The summed E-state index contributed by atoms with van der Waals surface area (Å²) in [6.45, 7) is 5.70. The maximum absolute atomic E-state index is 11.8. The van der Waals surface area contributed by atoms with Gasteiger partial charge in [0.05, 0.1) is 11.8 Å². The highest BCUT2D eigenvalue weighted by Crippen LogP contribution is 2.23. The van der Waals surface area contributed by atoms with Gasteiger partial charge in [0.1, 0.15) is 5.75 Å². The van der Waals surface area contributed by atoms with Gasteiger partial charge in [-0.1, -0.05) is 24.3 Å². The van der Waals surface area contributed by atoms with E-state index in [4.69, 9.17) is 9.84 Å². The number of hydrogen-bond acceptors (Lipinski definition) is 4. The van der Waals surface area contributed by atoms with Crippen LogP contribution in [0, 0.1) is 20.8 Å². The van der Waals surface area contributed by atoms with Gasteiger partial charge in [-0.15, -0.1) is 0 Å². The van der Waals surface area contributed by atoms with Crippen molar-refractivity contribution >= 4 is 18.1 Å². The largest absolute Gasteiger partial charge is 0.483 e. The van der Waals surface area contributed by atoms with Crippen LogP contribution < -0.4 is 10.2 Å². The van der Waals surface area contributed by atoms with Crippen molar-refractivity contribution in [3.8, 4) is 5.75 Å². The molecular formula is C19H20N2O4. The molecule has 0 spiro atoms.